The largest absolute Gasteiger partial charge is 0.497 e. The van der Waals surface area contributed by atoms with Crippen molar-refractivity contribution < 1.29 is 23.5 Å². The number of rotatable bonds is 7. The Morgan fingerprint density at radius 3 is 2.29 bits per heavy atom. The monoisotopic (exact) mass is 422 g/mol. The molecule has 31 heavy (non-hydrogen) atoms. The molecule has 0 atom stereocenters. The van der Waals surface area contributed by atoms with E-state index in [-0.39, 0.29) is 23.6 Å². The van der Waals surface area contributed by atoms with Crippen LogP contribution < -0.4 is 20.5 Å². The number of benzene rings is 3. The molecule has 0 saturated heterocycles. The molecule has 0 heterocycles. The van der Waals surface area contributed by atoms with E-state index in [9.17, 15) is 14.0 Å². The van der Waals surface area contributed by atoms with E-state index in [1.54, 1.807) is 51.5 Å². The fraction of sp³-hybridized carbons (Fsp3) is 0.167. The summed E-state index contributed by atoms with van der Waals surface area (Å²) in [6.45, 7) is 1.93. The normalized spacial score (nSPS) is 10.5. The summed E-state index contributed by atoms with van der Waals surface area (Å²) in [7, 11) is 3.09. The topological polar surface area (TPSA) is 90.7 Å². The molecule has 3 aromatic rings. The second kappa shape index (κ2) is 9.30. The third kappa shape index (κ3) is 4.83. The van der Waals surface area contributed by atoms with E-state index in [0.717, 1.165) is 5.56 Å². The second-order valence-electron chi connectivity index (χ2n) is 7.01. The Labute approximate surface area is 179 Å². The molecule has 160 valence electrons. The van der Waals surface area contributed by atoms with Crippen LogP contribution in [0.3, 0.4) is 0 Å². The first-order valence-corrected chi connectivity index (χ1v) is 9.51. The lowest BCUT2D eigenvalue weighted by atomic mass is 9.94. The molecule has 0 aliphatic heterocycles. The molecule has 3 N–H and O–H groups in total. The van der Waals surface area contributed by atoms with Gasteiger partial charge in [0.05, 0.1) is 25.5 Å². The minimum absolute atomic E-state index is 0.165. The molecule has 6 nitrogen and oxygen atoms in total. The number of aldehydes is 1. The van der Waals surface area contributed by atoms with Crippen molar-refractivity contribution in [3.8, 4) is 22.6 Å². The van der Waals surface area contributed by atoms with Gasteiger partial charge in [0.2, 0.25) is 0 Å². The zero-order valence-electron chi connectivity index (χ0n) is 17.5. The van der Waals surface area contributed by atoms with Gasteiger partial charge < -0.3 is 20.5 Å². The lowest BCUT2D eigenvalue weighted by Crippen LogP contribution is -2.24. The van der Waals surface area contributed by atoms with Gasteiger partial charge in [0.1, 0.15) is 23.6 Å². The number of hydrogen-bond donors (Lipinski definition) is 2. The van der Waals surface area contributed by atoms with Gasteiger partial charge in [0.15, 0.2) is 0 Å². The van der Waals surface area contributed by atoms with E-state index in [1.807, 2.05) is 0 Å². The van der Waals surface area contributed by atoms with E-state index >= 15 is 0 Å². The van der Waals surface area contributed by atoms with E-state index in [1.165, 1.54) is 18.2 Å². The number of carbonyl (C=O) groups excluding carboxylic acids is 2. The Bertz CT molecular complexity index is 1120. The molecule has 0 saturated carbocycles. The maximum absolute atomic E-state index is 13.5. The van der Waals surface area contributed by atoms with Crippen LogP contribution >= 0.6 is 0 Å². The summed E-state index contributed by atoms with van der Waals surface area (Å²) in [6.07, 6.45) is 0.644. The van der Waals surface area contributed by atoms with Crippen LogP contribution in [0.1, 0.15) is 31.8 Å². The van der Waals surface area contributed by atoms with E-state index in [2.05, 4.69) is 5.32 Å². The molecule has 0 aliphatic rings. The summed E-state index contributed by atoms with van der Waals surface area (Å²) in [5.41, 5.74) is 9.52. The molecule has 7 heteroatoms. The van der Waals surface area contributed by atoms with Gasteiger partial charge in [0.25, 0.3) is 5.91 Å². The highest BCUT2D eigenvalue weighted by molar-refractivity contribution is 6.04. The summed E-state index contributed by atoms with van der Waals surface area (Å²) in [4.78, 5) is 24.4. The number of halogens is 1. The fourth-order valence-corrected chi connectivity index (χ4v) is 3.33. The van der Waals surface area contributed by atoms with Crippen molar-refractivity contribution in [3.05, 3.63) is 76.6 Å². The first-order chi connectivity index (χ1) is 14.9. The zero-order valence-corrected chi connectivity index (χ0v) is 17.5. The molecule has 0 unspecified atom stereocenters. The van der Waals surface area contributed by atoms with Gasteiger partial charge in [-0.05, 0) is 60.0 Å². The summed E-state index contributed by atoms with van der Waals surface area (Å²) in [5.74, 6) is 0.377. The number of ether oxygens (including phenoxy) is 2. The van der Waals surface area contributed by atoms with Crippen molar-refractivity contribution in [3.63, 3.8) is 0 Å². The van der Waals surface area contributed by atoms with Crippen LogP contribution in [0.4, 0.5) is 10.1 Å². The van der Waals surface area contributed by atoms with Gasteiger partial charge in [-0.3, -0.25) is 9.59 Å². The van der Waals surface area contributed by atoms with E-state index in [0.29, 0.717) is 40.0 Å². The number of hydrogen-bond acceptors (Lipinski definition) is 5. The molecule has 0 bridgehead atoms. The van der Waals surface area contributed by atoms with Crippen molar-refractivity contribution in [2.75, 3.05) is 20.0 Å². The molecule has 0 radical (unpaired) electrons. The molecule has 0 fully saturated rings. The van der Waals surface area contributed by atoms with Gasteiger partial charge in [-0.25, -0.2) is 4.39 Å². The number of aryl methyl sites for hydroxylation is 1. The number of methoxy groups -OCH3 is 2. The predicted molar refractivity (Wildman–Crippen MR) is 117 cm³/mol. The Kier molecular flexibility index (Phi) is 6.55. The molecule has 1 amide bonds. The predicted octanol–water partition coefficient (Wildman–Crippen LogP) is 4.14. The molecule has 3 aromatic carbocycles. The summed E-state index contributed by atoms with van der Waals surface area (Å²) < 4.78 is 24.0. The van der Waals surface area contributed by atoms with Crippen LogP contribution in [-0.4, -0.2) is 26.4 Å². The molecule has 0 spiro atoms. The van der Waals surface area contributed by atoms with Crippen molar-refractivity contribution in [2.45, 2.75) is 13.5 Å². The van der Waals surface area contributed by atoms with Crippen LogP contribution in [0.15, 0.2) is 48.5 Å². The number of anilines is 1. The van der Waals surface area contributed by atoms with Crippen molar-refractivity contribution >= 4 is 17.9 Å². The first-order valence-electron chi connectivity index (χ1n) is 9.51. The number of nitrogens with two attached hydrogens (primary N) is 1. The van der Waals surface area contributed by atoms with Crippen molar-refractivity contribution in [1.29, 1.82) is 0 Å². The summed E-state index contributed by atoms with van der Waals surface area (Å²) in [6, 6.07) is 12.6. The first kappa shape index (κ1) is 21.8. The molecular formula is C24H23FN2O4. The van der Waals surface area contributed by atoms with Crippen LogP contribution in [0, 0.1) is 12.7 Å². The highest BCUT2D eigenvalue weighted by atomic mass is 19.1. The zero-order chi connectivity index (χ0) is 22.5. The summed E-state index contributed by atoms with van der Waals surface area (Å²) >= 11 is 0. The Hall–Kier alpha value is -3.87. The van der Waals surface area contributed by atoms with Gasteiger partial charge in [-0.1, -0.05) is 6.07 Å². The Balaban J connectivity index is 1.93. The average molecular weight is 422 g/mol. The van der Waals surface area contributed by atoms with Gasteiger partial charge >= 0.3 is 0 Å². The Morgan fingerprint density at radius 1 is 1.03 bits per heavy atom. The highest BCUT2D eigenvalue weighted by Gasteiger charge is 2.17. The average Bonchev–Trinajstić information content (AvgIpc) is 2.77. The Morgan fingerprint density at radius 2 is 1.71 bits per heavy atom. The van der Waals surface area contributed by atoms with Crippen LogP contribution in [0.25, 0.3) is 11.1 Å². The van der Waals surface area contributed by atoms with Crippen LogP contribution in [0.2, 0.25) is 0 Å². The maximum Gasteiger partial charge on any atom is 0.253 e. The minimum atomic E-state index is -0.441. The van der Waals surface area contributed by atoms with E-state index < -0.39 is 5.91 Å². The fourth-order valence-electron chi connectivity index (χ4n) is 3.33. The van der Waals surface area contributed by atoms with Crippen LogP contribution in [-0.2, 0) is 6.54 Å². The lowest BCUT2D eigenvalue weighted by molar-refractivity contribution is 0.0951. The number of carbonyl (C=O) groups is 2. The molecular weight excluding hydrogens is 399 g/mol. The van der Waals surface area contributed by atoms with Crippen molar-refractivity contribution in [1.82, 2.24) is 5.32 Å². The summed E-state index contributed by atoms with van der Waals surface area (Å²) in [5, 5.41) is 2.81. The van der Waals surface area contributed by atoms with Gasteiger partial charge in [-0.15, -0.1) is 0 Å². The highest BCUT2D eigenvalue weighted by Crippen LogP contribution is 2.33. The maximum atomic E-state index is 13.5. The quantitative estimate of drug-likeness (QED) is 0.441. The number of nitrogen functional groups attached to an aromatic ring is 1. The third-order valence-electron chi connectivity index (χ3n) is 4.93. The van der Waals surface area contributed by atoms with Crippen molar-refractivity contribution in [2.24, 2.45) is 0 Å². The minimum Gasteiger partial charge on any atom is -0.497 e. The molecule has 0 aliphatic carbocycles. The number of amides is 1. The SMILES string of the molecule is COc1cc(CNC(=O)c2cc(C=O)cc(-c3ccc(F)cc3C)c2N)cc(OC)c1. The van der Waals surface area contributed by atoms with Gasteiger partial charge in [-0.2, -0.15) is 0 Å². The third-order valence-corrected chi connectivity index (χ3v) is 4.93. The second-order valence-corrected chi connectivity index (χ2v) is 7.01. The number of nitrogens with one attached hydrogen (secondary N) is 1. The van der Waals surface area contributed by atoms with E-state index in [4.69, 9.17) is 15.2 Å². The lowest BCUT2D eigenvalue weighted by Gasteiger charge is -2.15. The molecule has 3 rings (SSSR count). The van der Waals surface area contributed by atoms with Gasteiger partial charge in [0, 0.05) is 23.7 Å². The smallest absolute Gasteiger partial charge is 0.253 e. The van der Waals surface area contributed by atoms with Crippen LogP contribution in [0.5, 0.6) is 11.5 Å². The standard InChI is InChI=1S/C24H23FN2O4/c1-14-6-17(25)4-5-20(14)21-9-16(13-28)10-22(23(21)26)24(29)27-12-15-7-18(30-2)11-19(8-15)31-3/h4-11,13H,12,26H2,1-3H3,(H,27,29). The molecule has 0 aromatic heterocycles.